The fraction of sp³-hybridized carbons (Fsp3) is 0.450. The molecular weight excluding hydrogens is 519 g/mol. The van der Waals surface area contributed by atoms with Gasteiger partial charge in [0.1, 0.15) is 0 Å². The zero-order valence-electron chi connectivity index (χ0n) is 17.2. The van der Waals surface area contributed by atoms with Gasteiger partial charge in [0, 0.05) is 42.5 Å². The molecule has 1 aromatic heterocycles. The van der Waals surface area contributed by atoms with Crippen molar-refractivity contribution in [1.29, 1.82) is 0 Å². The monoisotopic (exact) mass is 546 g/mol. The van der Waals surface area contributed by atoms with Gasteiger partial charge in [-0.25, -0.2) is 14.5 Å². The second kappa shape index (κ2) is 12.0. The van der Waals surface area contributed by atoms with Gasteiger partial charge in [0.25, 0.3) is 0 Å². The number of amides is 1. The summed E-state index contributed by atoms with van der Waals surface area (Å²) in [6, 6.07) is 7.80. The molecule has 0 spiro atoms. The summed E-state index contributed by atoms with van der Waals surface area (Å²) in [6.45, 7) is 4.69. The summed E-state index contributed by atoms with van der Waals surface area (Å²) in [5.41, 5.74) is 1.96. The Labute approximate surface area is 199 Å². The Kier molecular flexibility index (Phi) is 9.70. The van der Waals surface area contributed by atoms with Crippen LogP contribution >= 0.6 is 35.6 Å². The Hall–Kier alpha value is -2.01. The van der Waals surface area contributed by atoms with Gasteiger partial charge in [0.15, 0.2) is 5.96 Å². The normalized spacial score (nSPS) is 14.8. The van der Waals surface area contributed by atoms with Crippen LogP contribution in [0.25, 0.3) is 5.69 Å². The summed E-state index contributed by atoms with van der Waals surface area (Å²) in [5, 5.41) is 11.9. The molecule has 0 atom stereocenters. The van der Waals surface area contributed by atoms with Crippen LogP contribution in [-0.4, -0.2) is 59.5 Å². The highest BCUT2D eigenvalue weighted by molar-refractivity contribution is 14.0. The first-order chi connectivity index (χ1) is 14.1. The molecule has 0 aliphatic carbocycles. The number of rotatable bonds is 5. The third kappa shape index (κ3) is 6.76. The van der Waals surface area contributed by atoms with Gasteiger partial charge in [-0.2, -0.15) is 5.10 Å². The van der Waals surface area contributed by atoms with Crippen molar-refractivity contribution in [2.24, 2.45) is 4.99 Å². The van der Waals surface area contributed by atoms with Gasteiger partial charge < -0.3 is 20.3 Å². The van der Waals surface area contributed by atoms with Crippen LogP contribution in [0.15, 0.2) is 41.7 Å². The van der Waals surface area contributed by atoms with Gasteiger partial charge in [0.2, 0.25) is 0 Å². The third-order valence-electron chi connectivity index (χ3n) is 4.76. The van der Waals surface area contributed by atoms with Crippen LogP contribution in [0, 0.1) is 0 Å². The smallest absolute Gasteiger partial charge is 0.409 e. The maximum absolute atomic E-state index is 11.6. The van der Waals surface area contributed by atoms with Crippen LogP contribution in [-0.2, 0) is 11.3 Å². The predicted molar refractivity (Wildman–Crippen MR) is 129 cm³/mol. The summed E-state index contributed by atoms with van der Waals surface area (Å²) < 4.78 is 6.60. The third-order valence-corrected chi connectivity index (χ3v) is 5.01. The van der Waals surface area contributed by atoms with E-state index in [1.165, 1.54) is 7.11 Å². The SMILES string of the molecule is CCNC(=NCc1cnn(-c2ccc(Cl)cc2)c1)NC1CCN(C(=O)OC)CC1.I. The fourth-order valence-corrected chi connectivity index (χ4v) is 3.32. The van der Waals surface area contributed by atoms with Gasteiger partial charge in [-0.15, -0.1) is 24.0 Å². The lowest BCUT2D eigenvalue weighted by molar-refractivity contribution is 0.111. The molecule has 0 saturated carbocycles. The zero-order chi connectivity index (χ0) is 20.6. The van der Waals surface area contributed by atoms with Crippen LogP contribution in [0.4, 0.5) is 4.79 Å². The Balaban J connectivity index is 0.00000320. The topological polar surface area (TPSA) is 83.8 Å². The molecule has 30 heavy (non-hydrogen) atoms. The molecule has 0 radical (unpaired) electrons. The highest BCUT2D eigenvalue weighted by Gasteiger charge is 2.23. The Morgan fingerprint density at radius 2 is 2.00 bits per heavy atom. The van der Waals surface area contributed by atoms with E-state index in [1.807, 2.05) is 48.3 Å². The quantitative estimate of drug-likeness (QED) is 0.341. The van der Waals surface area contributed by atoms with E-state index in [1.54, 1.807) is 4.90 Å². The lowest BCUT2D eigenvalue weighted by Crippen LogP contribution is -2.49. The second-order valence-corrected chi connectivity index (χ2v) is 7.28. The molecule has 3 rings (SSSR count). The minimum Gasteiger partial charge on any atom is -0.453 e. The summed E-state index contributed by atoms with van der Waals surface area (Å²) in [4.78, 5) is 18.0. The number of likely N-dealkylation sites (tertiary alicyclic amines) is 1. The predicted octanol–water partition coefficient (Wildman–Crippen LogP) is 3.43. The van der Waals surface area contributed by atoms with Crippen molar-refractivity contribution in [1.82, 2.24) is 25.3 Å². The van der Waals surface area contributed by atoms with Crippen LogP contribution in [0.1, 0.15) is 25.3 Å². The molecule has 2 N–H and O–H groups in total. The van der Waals surface area contributed by atoms with Gasteiger partial charge in [-0.05, 0) is 44.0 Å². The molecule has 164 valence electrons. The number of nitrogens with one attached hydrogen (secondary N) is 2. The van der Waals surface area contributed by atoms with Crippen LogP contribution in [0.2, 0.25) is 5.02 Å². The molecule has 1 aliphatic rings. The Morgan fingerprint density at radius 1 is 1.30 bits per heavy atom. The van der Waals surface area contributed by atoms with E-state index in [0.29, 0.717) is 24.7 Å². The number of halogens is 2. The molecule has 0 bridgehead atoms. The number of methoxy groups -OCH3 is 1. The Morgan fingerprint density at radius 3 is 2.63 bits per heavy atom. The van der Waals surface area contributed by atoms with Crippen molar-refractivity contribution in [3.05, 3.63) is 47.2 Å². The largest absolute Gasteiger partial charge is 0.453 e. The van der Waals surface area contributed by atoms with Crippen molar-refractivity contribution >= 4 is 47.6 Å². The highest BCUT2D eigenvalue weighted by Crippen LogP contribution is 2.14. The minimum atomic E-state index is -0.262. The summed E-state index contributed by atoms with van der Waals surface area (Å²) >= 11 is 5.94. The Bertz CT molecular complexity index is 834. The number of aromatic nitrogens is 2. The lowest BCUT2D eigenvalue weighted by atomic mass is 10.1. The second-order valence-electron chi connectivity index (χ2n) is 6.84. The van der Waals surface area contributed by atoms with Crippen molar-refractivity contribution in [3.63, 3.8) is 0 Å². The fourth-order valence-electron chi connectivity index (χ4n) is 3.20. The van der Waals surface area contributed by atoms with E-state index in [4.69, 9.17) is 16.3 Å². The standard InChI is InChI=1S/C20H27ClN6O2.HI/c1-3-22-19(25-17-8-10-26(11-9-17)20(28)29-2)23-12-15-13-24-27(14-15)18-6-4-16(21)5-7-18;/h4-7,13-14,17H,3,8-12H2,1-2H3,(H2,22,23,25);1H. The number of carbonyl (C=O) groups excluding carboxylic acids is 1. The average Bonchev–Trinajstić information content (AvgIpc) is 3.22. The van der Waals surface area contributed by atoms with E-state index in [0.717, 1.165) is 36.6 Å². The van der Waals surface area contributed by atoms with Crippen LogP contribution < -0.4 is 10.6 Å². The zero-order valence-corrected chi connectivity index (χ0v) is 20.3. The number of hydrogen-bond acceptors (Lipinski definition) is 4. The van der Waals surface area contributed by atoms with Crippen LogP contribution in [0.5, 0.6) is 0 Å². The first kappa shape index (κ1) is 24.3. The first-order valence-electron chi connectivity index (χ1n) is 9.76. The van der Waals surface area contributed by atoms with Crippen molar-refractivity contribution < 1.29 is 9.53 Å². The molecule has 1 aromatic carbocycles. The van der Waals surface area contributed by atoms with E-state index in [2.05, 4.69) is 20.7 Å². The van der Waals surface area contributed by atoms with Crippen molar-refractivity contribution in [2.45, 2.75) is 32.4 Å². The van der Waals surface area contributed by atoms with Crippen LogP contribution in [0.3, 0.4) is 0 Å². The molecule has 1 saturated heterocycles. The maximum atomic E-state index is 11.6. The molecule has 1 amide bonds. The number of nitrogens with zero attached hydrogens (tertiary/aromatic N) is 4. The number of guanidine groups is 1. The van der Waals surface area contributed by atoms with E-state index in [9.17, 15) is 4.79 Å². The minimum absolute atomic E-state index is 0. The molecule has 8 nitrogen and oxygen atoms in total. The molecule has 2 aromatic rings. The van der Waals surface area contributed by atoms with Crippen molar-refractivity contribution in [2.75, 3.05) is 26.7 Å². The number of carbonyl (C=O) groups is 1. The molecule has 1 fully saturated rings. The molecule has 10 heteroatoms. The van der Waals surface area contributed by atoms with E-state index in [-0.39, 0.29) is 36.1 Å². The molecule has 1 aliphatic heterocycles. The molecular formula is C20H28ClIN6O2. The van der Waals surface area contributed by atoms with Gasteiger partial charge in [0.05, 0.1) is 25.5 Å². The van der Waals surface area contributed by atoms with E-state index < -0.39 is 0 Å². The van der Waals surface area contributed by atoms with Gasteiger partial charge in [-0.3, -0.25) is 0 Å². The number of piperidine rings is 1. The van der Waals surface area contributed by atoms with Crippen molar-refractivity contribution in [3.8, 4) is 5.69 Å². The number of aliphatic imine (C=N–C) groups is 1. The summed E-state index contributed by atoms with van der Waals surface area (Å²) in [6.07, 6.45) is 5.23. The van der Waals surface area contributed by atoms with Gasteiger partial charge >= 0.3 is 6.09 Å². The molecule has 0 unspecified atom stereocenters. The number of benzene rings is 1. The van der Waals surface area contributed by atoms with E-state index >= 15 is 0 Å². The lowest BCUT2D eigenvalue weighted by Gasteiger charge is -2.32. The van der Waals surface area contributed by atoms with Gasteiger partial charge in [-0.1, -0.05) is 11.6 Å². The molecule has 2 heterocycles. The first-order valence-corrected chi connectivity index (χ1v) is 10.1. The summed E-state index contributed by atoms with van der Waals surface area (Å²) in [7, 11) is 1.41. The average molecular weight is 547 g/mol. The summed E-state index contributed by atoms with van der Waals surface area (Å²) in [5.74, 6) is 0.767. The number of hydrogen-bond donors (Lipinski definition) is 2. The maximum Gasteiger partial charge on any atom is 0.409 e. The number of ether oxygens (including phenoxy) is 1. The highest BCUT2D eigenvalue weighted by atomic mass is 127.